The lowest BCUT2D eigenvalue weighted by molar-refractivity contribution is 0.205. The standard InChI is InChI=1S/C16H27N3O/c1-18(2)11-12-20-16-5-3-14(4-6-16)13-19-9-7-15(17)8-10-19/h3-6,15H,7-13,17H2,1-2H3. The Morgan fingerprint density at radius 2 is 1.85 bits per heavy atom. The van der Waals surface area contributed by atoms with Crippen molar-refractivity contribution < 1.29 is 4.74 Å². The Hall–Kier alpha value is -1.10. The first-order valence-corrected chi connectivity index (χ1v) is 7.48. The third kappa shape index (κ3) is 5.12. The number of nitrogens with zero attached hydrogens (tertiary/aromatic N) is 2. The van der Waals surface area contributed by atoms with Crippen molar-refractivity contribution in [2.24, 2.45) is 5.73 Å². The van der Waals surface area contributed by atoms with Crippen molar-refractivity contribution in [1.29, 1.82) is 0 Å². The number of rotatable bonds is 6. The molecule has 1 heterocycles. The van der Waals surface area contributed by atoms with E-state index in [0.717, 1.165) is 51.4 Å². The summed E-state index contributed by atoms with van der Waals surface area (Å²) in [5, 5.41) is 0. The maximum absolute atomic E-state index is 5.93. The number of likely N-dealkylation sites (tertiary alicyclic amines) is 1. The lowest BCUT2D eigenvalue weighted by Gasteiger charge is -2.30. The van der Waals surface area contributed by atoms with E-state index in [1.54, 1.807) is 0 Å². The molecule has 20 heavy (non-hydrogen) atoms. The van der Waals surface area contributed by atoms with E-state index in [9.17, 15) is 0 Å². The molecule has 1 fully saturated rings. The highest BCUT2D eigenvalue weighted by molar-refractivity contribution is 5.27. The predicted molar refractivity (Wildman–Crippen MR) is 83.0 cm³/mol. The Morgan fingerprint density at radius 1 is 1.20 bits per heavy atom. The van der Waals surface area contributed by atoms with Gasteiger partial charge in [0.2, 0.25) is 0 Å². The smallest absolute Gasteiger partial charge is 0.119 e. The van der Waals surface area contributed by atoms with Gasteiger partial charge in [-0.3, -0.25) is 4.90 Å². The fraction of sp³-hybridized carbons (Fsp3) is 0.625. The Balaban J connectivity index is 1.76. The molecule has 0 spiro atoms. The van der Waals surface area contributed by atoms with E-state index in [1.165, 1.54) is 5.56 Å². The molecule has 2 N–H and O–H groups in total. The molecule has 1 aliphatic heterocycles. The van der Waals surface area contributed by atoms with Gasteiger partial charge in [0.1, 0.15) is 12.4 Å². The SMILES string of the molecule is CN(C)CCOc1ccc(CN2CCC(N)CC2)cc1. The summed E-state index contributed by atoms with van der Waals surface area (Å²) in [5.41, 5.74) is 7.28. The molecule has 0 aromatic heterocycles. The van der Waals surface area contributed by atoms with Crippen molar-refractivity contribution in [3.8, 4) is 5.75 Å². The summed E-state index contributed by atoms with van der Waals surface area (Å²) in [6.45, 7) is 4.92. The lowest BCUT2D eigenvalue weighted by atomic mass is 10.1. The minimum Gasteiger partial charge on any atom is -0.492 e. The van der Waals surface area contributed by atoms with Crippen LogP contribution in [0.1, 0.15) is 18.4 Å². The van der Waals surface area contributed by atoms with Gasteiger partial charge in [-0.25, -0.2) is 0 Å². The lowest BCUT2D eigenvalue weighted by Crippen LogP contribution is -2.39. The summed E-state index contributed by atoms with van der Waals surface area (Å²) in [7, 11) is 4.11. The summed E-state index contributed by atoms with van der Waals surface area (Å²) in [6.07, 6.45) is 2.23. The average molecular weight is 277 g/mol. The van der Waals surface area contributed by atoms with Gasteiger partial charge in [0.05, 0.1) is 0 Å². The van der Waals surface area contributed by atoms with Gasteiger partial charge >= 0.3 is 0 Å². The van der Waals surface area contributed by atoms with Gasteiger partial charge in [-0.1, -0.05) is 12.1 Å². The summed E-state index contributed by atoms with van der Waals surface area (Å²) in [5.74, 6) is 0.955. The molecular formula is C16H27N3O. The number of piperidine rings is 1. The zero-order chi connectivity index (χ0) is 14.4. The predicted octanol–water partition coefficient (Wildman–Crippen LogP) is 1.55. The van der Waals surface area contributed by atoms with Crippen LogP contribution in [0.25, 0.3) is 0 Å². The van der Waals surface area contributed by atoms with Gasteiger partial charge in [0.25, 0.3) is 0 Å². The summed E-state index contributed by atoms with van der Waals surface area (Å²) < 4.78 is 5.70. The largest absolute Gasteiger partial charge is 0.492 e. The van der Waals surface area contributed by atoms with Crippen LogP contribution in [0.3, 0.4) is 0 Å². The van der Waals surface area contributed by atoms with E-state index in [1.807, 2.05) is 0 Å². The highest BCUT2D eigenvalue weighted by Crippen LogP contribution is 2.16. The molecule has 112 valence electrons. The maximum atomic E-state index is 5.93. The van der Waals surface area contributed by atoms with Crippen LogP contribution in [0.5, 0.6) is 5.75 Å². The highest BCUT2D eigenvalue weighted by atomic mass is 16.5. The van der Waals surface area contributed by atoms with E-state index in [4.69, 9.17) is 10.5 Å². The third-order valence-electron chi connectivity index (χ3n) is 3.77. The van der Waals surface area contributed by atoms with Gasteiger partial charge in [-0.15, -0.1) is 0 Å². The van der Waals surface area contributed by atoms with Crippen LogP contribution in [-0.4, -0.2) is 56.2 Å². The van der Waals surface area contributed by atoms with Crippen molar-refractivity contribution in [3.63, 3.8) is 0 Å². The molecule has 0 radical (unpaired) electrons. The van der Waals surface area contributed by atoms with Crippen molar-refractivity contribution in [2.45, 2.75) is 25.4 Å². The van der Waals surface area contributed by atoms with Crippen LogP contribution < -0.4 is 10.5 Å². The average Bonchev–Trinajstić information content (AvgIpc) is 2.43. The molecule has 0 aliphatic carbocycles. The quantitative estimate of drug-likeness (QED) is 0.856. The highest BCUT2D eigenvalue weighted by Gasteiger charge is 2.15. The third-order valence-corrected chi connectivity index (χ3v) is 3.77. The molecule has 1 aliphatic rings. The molecule has 1 saturated heterocycles. The first-order chi connectivity index (χ1) is 9.63. The topological polar surface area (TPSA) is 41.7 Å². The molecule has 0 saturated carbocycles. The van der Waals surface area contributed by atoms with Crippen LogP contribution in [0.15, 0.2) is 24.3 Å². The minimum atomic E-state index is 0.402. The normalized spacial score (nSPS) is 17.6. The van der Waals surface area contributed by atoms with Crippen LogP contribution in [0.4, 0.5) is 0 Å². The Labute approximate surface area is 122 Å². The fourth-order valence-electron chi connectivity index (χ4n) is 2.41. The van der Waals surface area contributed by atoms with Crippen molar-refractivity contribution in [3.05, 3.63) is 29.8 Å². The second-order valence-corrected chi connectivity index (χ2v) is 5.91. The van der Waals surface area contributed by atoms with Gasteiger partial charge < -0.3 is 15.4 Å². The van der Waals surface area contributed by atoms with Crippen molar-refractivity contribution >= 4 is 0 Å². The number of nitrogens with two attached hydrogens (primary N) is 1. The van der Waals surface area contributed by atoms with Crippen molar-refractivity contribution in [2.75, 3.05) is 40.3 Å². The fourth-order valence-corrected chi connectivity index (χ4v) is 2.41. The van der Waals surface area contributed by atoms with Gasteiger partial charge in [0, 0.05) is 19.1 Å². The number of ether oxygens (including phenoxy) is 1. The number of hydrogen-bond donors (Lipinski definition) is 1. The number of hydrogen-bond acceptors (Lipinski definition) is 4. The van der Waals surface area contributed by atoms with Gasteiger partial charge in [-0.2, -0.15) is 0 Å². The minimum absolute atomic E-state index is 0.402. The second-order valence-electron chi connectivity index (χ2n) is 5.91. The summed E-state index contributed by atoms with van der Waals surface area (Å²) in [4.78, 5) is 4.60. The first-order valence-electron chi connectivity index (χ1n) is 7.48. The molecular weight excluding hydrogens is 250 g/mol. The van der Waals surface area contributed by atoms with Gasteiger partial charge in [-0.05, 0) is 57.7 Å². The van der Waals surface area contributed by atoms with E-state index in [-0.39, 0.29) is 0 Å². The Bertz CT molecular complexity index is 383. The van der Waals surface area contributed by atoms with E-state index >= 15 is 0 Å². The zero-order valence-electron chi connectivity index (χ0n) is 12.7. The van der Waals surface area contributed by atoms with Crippen LogP contribution >= 0.6 is 0 Å². The molecule has 0 bridgehead atoms. The molecule has 0 atom stereocenters. The first kappa shape index (κ1) is 15.3. The molecule has 0 unspecified atom stereocenters. The number of benzene rings is 1. The van der Waals surface area contributed by atoms with E-state index in [2.05, 4.69) is 48.2 Å². The monoisotopic (exact) mass is 277 g/mol. The molecule has 4 nitrogen and oxygen atoms in total. The van der Waals surface area contributed by atoms with Crippen LogP contribution in [0, 0.1) is 0 Å². The van der Waals surface area contributed by atoms with Crippen LogP contribution in [0.2, 0.25) is 0 Å². The summed E-state index contributed by atoms with van der Waals surface area (Å²) >= 11 is 0. The molecule has 2 rings (SSSR count). The molecule has 1 aromatic rings. The second kappa shape index (κ2) is 7.62. The molecule has 0 amide bonds. The van der Waals surface area contributed by atoms with Gasteiger partial charge in [0.15, 0.2) is 0 Å². The zero-order valence-corrected chi connectivity index (χ0v) is 12.7. The Kier molecular flexibility index (Phi) is 5.83. The molecule has 1 aromatic carbocycles. The maximum Gasteiger partial charge on any atom is 0.119 e. The van der Waals surface area contributed by atoms with E-state index in [0.29, 0.717) is 6.04 Å². The summed E-state index contributed by atoms with van der Waals surface area (Å²) in [6, 6.07) is 8.87. The van der Waals surface area contributed by atoms with Crippen molar-refractivity contribution in [1.82, 2.24) is 9.80 Å². The molecule has 4 heteroatoms. The van der Waals surface area contributed by atoms with Crippen LogP contribution in [-0.2, 0) is 6.54 Å². The van der Waals surface area contributed by atoms with E-state index < -0.39 is 0 Å². The Morgan fingerprint density at radius 3 is 2.45 bits per heavy atom. The number of likely N-dealkylation sites (N-methyl/N-ethyl adjacent to an activating group) is 1.